The molecule has 92 valence electrons. The van der Waals surface area contributed by atoms with Crippen molar-refractivity contribution >= 4 is 5.69 Å². The molecule has 2 heterocycles. The molecule has 0 aliphatic rings. The molecule has 2 aromatic rings. The highest BCUT2D eigenvalue weighted by molar-refractivity contribution is 5.39. The summed E-state index contributed by atoms with van der Waals surface area (Å²) >= 11 is 0. The first-order valence-corrected chi connectivity index (χ1v) is 5.67. The Hall–Kier alpha value is -1.85. The summed E-state index contributed by atoms with van der Waals surface area (Å²) in [5.41, 5.74) is 0.946. The van der Waals surface area contributed by atoms with Crippen molar-refractivity contribution in [2.75, 3.05) is 5.32 Å². The second-order valence-corrected chi connectivity index (χ2v) is 4.33. The van der Waals surface area contributed by atoms with E-state index >= 15 is 0 Å². The lowest BCUT2D eigenvalue weighted by molar-refractivity contribution is 0.451. The Balaban J connectivity index is 2.05. The van der Waals surface area contributed by atoms with Gasteiger partial charge in [-0.25, -0.2) is 0 Å². The highest BCUT2D eigenvalue weighted by Crippen LogP contribution is 2.18. The maximum absolute atomic E-state index is 5.36. The molecular weight excluding hydrogens is 218 g/mol. The first-order chi connectivity index (χ1) is 8.06. The van der Waals surface area contributed by atoms with Crippen LogP contribution >= 0.6 is 0 Å². The third-order valence-electron chi connectivity index (χ3n) is 2.43. The van der Waals surface area contributed by atoms with Gasteiger partial charge in [-0.05, 0) is 20.8 Å². The molecule has 0 aliphatic carbocycles. The summed E-state index contributed by atoms with van der Waals surface area (Å²) in [6, 6.07) is 0.326. The van der Waals surface area contributed by atoms with E-state index in [0.717, 1.165) is 5.69 Å². The minimum absolute atomic E-state index is 0.0268. The van der Waals surface area contributed by atoms with Gasteiger partial charge in [0.1, 0.15) is 6.04 Å². The monoisotopic (exact) mass is 235 g/mol. The van der Waals surface area contributed by atoms with Gasteiger partial charge in [0.05, 0.1) is 11.9 Å². The summed E-state index contributed by atoms with van der Waals surface area (Å²) in [7, 11) is 0. The van der Waals surface area contributed by atoms with E-state index in [-0.39, 0.29) is 6.04 Å². The number of hydrogen-bond donors (Lipinski definition) is 1. The van der Waals surface area contributed by atoms with Crippen molar-refractivity contribution in [3.8, 4) is 0 Å². The van der Waals surface area contributed by atoms with Crippen molar-refractivity contribution in [3.05, 3.63) is 24.2 Å². The number of rotatable bonds is 4. The van der Waals surface area contributed by atoms with E-state index in [1.807, 2.05) is 17.8 Å². The molecule has 6 heteroatoms. The van der Waals surface area contributed by atoms with Gasteiger partial charge in [0, 0.05) is 19.2 Å². The molecule has 0 saturated carbocycles. The third kappa shape index (κ3) is 2.64. The van der Waals surface area contributed by atoms with Crippen LogP contribution in [0.4, 0.5) is 5.69 Å². The van der Waals surface area contributed by atoms with E-state index in [1.54, 1.807) is 13.1 Å². The zero-order valence-electron chi connectivity index (χ0n) is 10.5. The van der Waals surface area contributed by atoms with Gasteiger partial charge < -0.3 is 9.73 Å². The molecule has 0 aromatic carbocycles. The number of aromatic nitrogens is 4. The molecule has 1 N–H and O–H groups in total. The molecule has 0 saturated heterocycles. The second-order valence-electron chi connectivity index (χ2n) is 4.33. The molecule has 2 rings (SSSR count). The first kappa shape index (κ1) is 11.6. The van der Waals surface area contributed by atoms with Gasteiger partial charge in [-0.2, -0.15) is 5.10 Å². The van der Waals surface area contributed by atoms with Crippen LogP contribution in [0.2, 0.25) is 0 Å². The SMILES string of the molecule is Cc1nnc([C@@H](C)Nc2cnn(C(C)C)c2)o1. The van der Waals surface area contributed by atoms with E-state index in [1.165, 1.54) is 0 Å². The minimum Gasteiger partial charge on any atom is -0.423 e. The van der Waals surface area contributed by atoms with Crippen molar-refractivity contribution in [1.82, 2.24) is 20.0 Å². The molecule has 0 radical (unpaired) electrons. The van der Waals surface area contributed by atoms with E-state index in [9.17, 15) is 0 Å². The van der Waals surface area contributed by atoms with Crippen LogP contribution in [0.15, 0.2) is 16.8 Å². The number of nitrogens with one attached hydrogen (secondary N) is 1. The van der Waals surface area contributed by atoms with E-state index in [4.69, 9.17) is 4.42 Å². The molecule has 0 unspecified atom stereocenters. The average molecular weight is 235 g/mol. The molecule has 17 heavy (non-hydrogen) atoms. The summed E-state index contributed by atoms with van der Waals surface area (Å²) in [6.45, 7) is 7.92. The predicted molar refractivity (Wildman–Crippen MR) is 63.7 cm³/mol. The van der Waals surface area contributed by atoms with E-state index in [0.29, 0.717) is 17.8 Å². The van der Waals surface area contributed by atoms with Gasteiger partial charge in [-0.15, -0.1) is 10.2 Å². The molecule has 0 fully saturated rings. The van der Waals surface area contributed by atoms with Gasteiger partial charge in [0.25, 0.3) is 0 Å². The summed E-state index contributed by atoms with van der Waals surface area (Å²) in [4.78, 5) is 0. The van der Waals surface area contributed by atoms with Crippen LogP contribution in [0.1, 0.15) is 44.6 Å². The smallest absolute Gasteiger partial charge is 0.238 e. The molecule has 1 atom stereocenters. The summed E-state index contributed by atoms with van der Waals surface area (Å²) < 4.78 is 7.26. The van der Waals surface area contributed by atoms with Gasteiger partial charge in [-0.3, -0.25) is 4.68 Å². The first-order valence-electron chi connectivity index (χ1n) is 5.67. The van der Waals surface area contributed by atoms with Gasteiger partial charge in [0.2, 0.25) is 11.8 Å². The maximum atomic E-state index is 5.36. The quantitative estimate of drug-likeness (QED) is 0.880. The zero-order valence-corrected chi connectivity index (χ0v) is 10.5. The van der Waals surface area contributed by atoms with Crippen molar-refractivity contribution in [2.24, 2.45) is 0 Å². The van der Waals surface area contributed by atoms with Crippen LogP contribution in [-0.4, -0.2) is 20.0 Å². The van der Waals surface area contributed by atoms with E-state index < -0.39 is 0 Å². The standard InChI is InChI=1S/C11H17N5O/c1-7(2)16-6-10(5-12-16)13-8(3)11-15-14-9(4)17-11/h5-8,13H,1-4H3/t8-/m1/s1. The molecule has 0 spiro atoms. The second kappa shape index (κ2) is 4.57. The Labute approximate surface area is 100 Å². The van der Waals surface area contributed by atoms with E-state index in [2.05, 4.69) is 34.5 Å². The predicted octanol–water partition coefficient (Wildman–Crippen LogP) is 2.33. The average Bonchev–Trinajstić information content (AvgIpc) is 2.86. The number of anilines is 1. The van der Waals surface area contributed by atoms with Crippen molar-refractivity contribution < 1.29 is 4.42 Å². The zero-order chi connectivity index (χ0) is 12.4. The largest absolute Gasteiger partial charge is 0.423 e. The Morgan fingerprint density at radius 2 is 2.06 bits per heavy atom. The minimum atomic E-state index is -0.0268. The highest BCUT2D eigenvalue weighted by atomic mass is 16.4. The summed E-state index contributed by atoms with van der Waals surface area (Å²) in [5.74, 6) is 1.16. The van der Waals surface area contributed by atoms with Gasteiger partial charge in [-0.1, -0.05) is 0 Å². The van der Waals surface area contributed by atoms with Crippen LogP contribution < -0.4 is 5.32 Å². The maximum Gasteiger partial charge on any atom is 0.238 e. The molecular formula is C11H17N5O. The van der Waals surface area contributed by atoms with Gasteiger partial charge in [0.15, 0.2) is 0 Å². The Morgan fingerprint density at radius 3 is 2.59 bits per heavy atom. The van der Waals surface area contributed by atoms with Gasteiger partial charge >= 0.3 is 0 Å². The fourth-order valence-electron chi connectivity index (χ4n) is 1.49. The Morgan fingerprint density at radius 1 is 1.29 bits per heavy atom. The molecule has 0 aliphatic heterocycles. The molecule has 2 aromatic heterocycles. The topological polar surface area (TPSA) is 68.8 Å². The fraction of sp³-hybridized carbons (Fsp3) is 0.545. The van der Waals surface area contributed by atoms with Crippen molar-refractivity contribution in [2.45, 2.75) is 39.8 Å². The summed E-state index contributed by atoms with van der Waals surface area (Å²) in [6.07, 6.45) is 3.75. The Bertz CT molecular complexity index is 488. The van der Waals surface area contributed by atoms with Crippen LogP contribution in [0.5, 0.6) is 0 Å². The molecule has 0 amide bonds. The molecule has 0 bridgehead atoms. The third-order valence-corrected chi connectivity index (χ3v) is 2.43. The number of aryl methyl sites for hydroxylation is 1. The van der Waals surface area contributed by atoms with Crippen LogP contribution in [-0.2, 0) is 0 Å². The lowest BCUT2D eigenvalue weighted by Gasteiger charge is -2.08. The van der Waals surface area contributed by atoms with Crippen molar-refractivity contribution in [3.63, 3.8) is 0 Å². The Kier molecular flexibility index (Phi) is 3.12. The lowest BCUT2D eigenvalue weighted by atomic mass is 10.3. The normalized spacial score (nSPS) is 13.0. The van der Waals surface area contributed by atoms with Crippen LogP contribution in [0.25, 0.3) is 0 Å². The number of hydrogen-bond acceptors (Lipinski definition) is 5. The summed E-state index contributed by atoms with van der Waals surface area (Å²) in [5, 5.41) is 15.3. The van der Waals surface area contributed by atoms with Crippen LogP contribution in [0, 0.1) is 6.92 Å². The molecule has 6 nitrogen and oxygen atoms in total. The number of nitrogens with zero attached hydrogens (tertiary/aromatic N) is 4. The van der Waals surface area contributed by atoms with Crippen molar-refractivity contribution in [1.29, 1.82) is 0 Å². The highest BCUT2D eigenvalue weighted by Gasteiger charge is 2.13. The van der Waals surface area contributed by atoms with Crippen LogP contribution in [0.3, 0.4) is 0 Å². The fourth-order valence-corrected chi connectivity index (χ4v) is 1.49. The lowest BCUT2D eigenvalue weighted by Crippen LogP contribution is -2.06.